The standard InChI is InChI=1S/C26H58N2O3Si.ClH/c1-7-8-9-10-11-12-13-14-15-16-17-18-19-20-21-22-23-28-25(26(2,3)27)24-32(29-4,30-5)31-6;/h25,28H,7-24,27H2,1-6H3;1H. The Labute approximate surface area is 214 Å². The highest BCUT2D eigenvalue weighted by atomic mass is 35.5. The molecule has 3 N–H and O–H groups in total. The molecule has 0 aromatic heterocycles. The molecule has 0 heterocycles. The van der Waals surface area contributed by atoms with E-state index in [1.54, 1.807) is 21.3 Å². The van der Waals surface area contributed by atoms with Gasteiger partial charge in [-0.05, 0) is 26.8 Å². The van der Waals surface area contributed by atoms with Crippen LogP contribution in [0.25, 0.3) is 0 Å². The monoisotopic (exact) mass is 510 g/mol. The highest BCUT2D eigenvalue weighted by Gasteiger charge is 2.43. The van der Waals surface area contributed by atoms with E-state index < -0.39 is 8.80 Å². The molecule has 0 aromatic rings. The Morgan fingerprint density at radius 3 is 1.30 bits per heavy atom. The van der Waals surface area contributed by atoms with Crippen LogP contribution in [0, 0.1) is 0 Å². The number of rotatable bonds is 24. The molecule has 0 spiro atoms. The molecule has 0 radical (unpaired) electrons. The van der Waals surface area contributed by atoms with Crippen molar-refractivity contribution < 1.29 is 13.3 Å². The van der Waals surface area contributed by atoms with Gasteiger partial charge in [0.1, 0.15) is 0 Å². The summed E-state index contributed by atoms with van der Waals surface area (Å²) in [5.74, 6) is 0. The van der Waals surface area contributed by atoms with E-state index in [9.17, 15) is 0 Å². The van der Waals surface area contributed by atoms with Crippen LogP contribution >= 0.6 is 12.4 Å². The van der Waals surface area contributed by atoms with Crippen molar-refractivity contribution in [1.29, 1.82) is 0 Å². The fourth-order valence-corrected chi connectivity index (χ4v) is 6.47. The predicted molar refractivity (Wildman–Crippen MR) is 148 cm³/mol. The van der Waals surface area contributed by atoms with E-state index in [4.69, 9.17) is 19.0 Å². The van der Waals surface area contributed by atoms with Gasteiger partial charge in [0.2, 0.25) is 0 Å². The normalized spacial score (nSPS) is 13.2. The maximum absolute atomic E-state index is 6.42. The first-order valence-corrected chi connectivity index (χ1v) is 15.5. The number of nitrogens with one attached hydrogen (secondary N) is 1. The van der Waals surface area contributed by atoms with Crippen molar-refractivity contribution in [2.24, 2.45) is 5.73 Å². The zero-order valence-corrected chi connectivity index (χ0v) is 24.8. The lowest BCUT2D eigenvalue weighted by atomic mass is 9.97. The summed E-state index contributed by atoms with van der Waals surface area (Å²) in [7, 11) is 2.34. The fraction of sp³-hybridized carbons (Fsp3) is 1.00. The average molecular weight is 511 g/mol. The summed E-state index contributed by atoms with van der Waals surface area (Å²) < 4.78 is 16.8. The first-order valence-electron chi connectivity index (χ1n) is 13.5. The summed E-state index contributed by atoms with van der Waals surface area (Å²) in [4.78, 5) is 0. The third-order valence-electron chi connectivity index (χ3n) is 6.71. The van der Waals surface area contributed by atoms with Gasteiger partial charge in [-0.3, -0.25) is 0 Å². The summed E-state index contributed by atoms with van der Waals surface area (Å²) in [6, 6.07) is 0.782. The van der Waals surface area contributed by atoms with Gasteiger partial charge in [0, 0.05) is 39.0 Å². The van der Waals surface area contributed by atoms with E-state index in [0.29, 0.717) is 6.04 Å². The third kappa shape index (κ3) is 19.2. The van der Waals surface area contributed by atoms with Gasteiger partial charge in [0.25, 0.3) is 0 Å². The Kier molecular flexibility index (Phi) is 24.5. The first-order chi connectivity index (χ1) is 15.3. The molecule has 0 saturated heterocycles. The van der Waals surface area contributed by atoms with Gasteiger partial charge in [-0.2, -0.15) is 0 Å². The van der Waals surface area contributed by atoms with E-state index in [0.717, 1.165) is 6.54 Å². The van der Waals surface area contributed by atoms with Crippen molar-refractivity contribution in [3.63, 3.8) is 0 Å². The van der Waals surface area contributed by atoms with Crippen LogP contribution in [0.2, 0.25) is 6.04 Å². The molecule has 0 bridgehead atoms. The van der Waals surface area contributed by atoms with Crippen LogP contribution in [0.4, 0.5) is 0 Å². The molecule has 0 rings (SSSR count). The minimum atomic E-state index is -2.65. The predicted octanol–water partition coefficient (Wildman–Crippen LogP) is 7.24. The van der Waals surface area contributed by atoms with Gasteiger partial charge < -0.3 is 24.3 Å². The SMILES string of the molecule is CCCCCCCCCCCCCCCCCCNC(C[Si](OC)(OC)OC)C(C)(C)N.Cl. The van der Waals surface area contributed by atoms with Gasteiger partial charge >= 0.3 is 8.80 Å². The molecule has 202 valence electrons. The van der Waals surface area contributed by atoms with Crippen molar-refractivity contribution in [2.75, 3.05) is 27.9 Å². The Balaban J connectivity index is 0. The van der Waals surface area contributed by atoms with Gasteiger partial charge in [-0.1, -0.05) is 103 Å². The van der Waals surface area contributed by atoms with Crippen LogP contribution in [-0.4, -0.2) is 48.3 Å². The molecule has 0 fully saturated rings. The Morgan fingerprint density at radius 2 is 1.00 bits per heavy atom. The van der Waals surface area contributed by atoms with Crippen LogP contribution < -0.4 is 11.1 Å². The van der Waals surface area contributed by atoms with Crippen molar-refractivity contribution in [3.8, 4) is 0 Å². The molecule has 5 nitrogen and oxygen atoms in total. The highest BCUT2D eigenvalue weighted by Crippen LogP contribution is 2.21. The van der Waals surface area contributed by atoms with Crippen molar-refractivity contribution >= 4 is 21.2 Å². The lowest BCUT2D eigenvalue weighted by Gasteiger charge is -2.36. The van der Waals surface area contributed by atoms with E-state index >= 15 is 0 Å². The number of hydrogen-bond acceptors (Lipinski definition) is 5. The summed E-state index contributed by atoms with van der Waals surface area (Å²) in [5.41, 5.74) is 6.06. The summed E-state index contributed by atoms with van der Waals surface area (Å²) in [5, 5.41) is 3.64. The topological polar surface area (TPSA) is 65.7 Å². The molecule has 1 unspecified atom stereocenters. The van der Waals surface area contributed by atoms with E-state index in [1.165, 1.54) is 103 Å². The van der Waals surface area contributed by atoms with Crippen LogP contribution in [0.5, 0.6) is 0 Å². The average Bonchev–Trinajstić information content (AvgIpc) is 2.77. The molecule has 0 amide bonds. The highest BCUT2D eigenvalue weighted by molar-refractivity contribution is 6.60. The smallest absolute Gasteiger partial charge is 0.377 e. The molecule has 0 saturated carbocycles. The first kappa shape index (κ1) is 35.5. The summed E-state index contributed by atoms with van der Waals surface area (Å²) in [6.45, 7) is 7.37. The van der Waals surface area contributed by atoms with Gasteiger partial charge in [0.05, 0.1) is 0 Å². The Morgan fingerprint density at radius 1 is 0.667 bits per heavy atom. The Bertz CT molecular complexity index is 399. The molecule has 0 aromatic carbocycles. The summed E-state index contributed by atoms with van der Waals surface area (Å²) in [6.07, 6.45) is 22.3. The second kappa shape index (κ2) is 22.8. The van der Waals surface area contributed by atoms with Gasteiger partial charge in [0.15, 0.2) is 0 Å². The van der Waals surface area contributed by atoms with Crippen LogP contribution in [0.15, 0.2) is 0 Å². The lowest BCUT2D eigenvalue weighted by Crippen LogP contribution is -2.59. The fourth-order valence-electron chi connectivity index (χ4n) is 4.30. The third-order valence-corrected chi connectivity index (χ3v) is 9.48. The zero-order chi connectivity index (χ0) is 24.1. The minimum Gasteiger partial charge on any atom is -0.377 e. The zero-order valence-electron chi connectivity index (χ0n) is 23.0. The lowest BCUT2D eigenvalue weighted by molar-refractivity contribution is 0.116. The van der Waals surface area contributed by atoms with Crippen molar-refractivity contribution in [1.82, 2.24) is 5.32 Å². The second-order valence-corrected chi connectivity index (χ2v) is 13.1. The Hall–Kier alpha value is 0.307. The number of hydrogen-bond donors (Lipinski definition) is 2. The minimum absolute atomic E-state index is 0. The molecule has 0 aliphatic heterocycles. The molecule has 0 aliphatic carbocycles. The van der Waals surface area contributed by atoms with Gasteiger partial charge in [-0.15, -0.1) is 12.4 Å². The van der Waals surface area contributed by atoms with E-state index in [1.807, 2.05) is 0 Å². The van der Waals surface area contributed by atoms with Crippen molar-refractivity contribution in [3.05, 3.63) is 0 Å². The quantitative estimate of drug-likeness (QED) is 0.106. The van der Waals surface area contributed by atoms with Gasteiger partial charge in [-0.25, -0.2) is 0 Å². The number of unbranched alkanes of at least 4 members (excludes halogenated alkanes) is 15. The summed E-state index contributed by atoms with van der Waals surface area (Å²) >= 11 is 0. The molecule has 7 heteroatoms. The van der Waals surface area contributed by atoms with E-state index in [-0.39, 0.29) is 24.0 Å². The maximum Gasteiger partial charge on any atom is 0.501 e. The maximum atomic E-state index is 6.42. The van der Waals surface area contributed by atoms with E-state index in [2.05, 4.69) is 26.1 Å². The second-order valence-electron chi connectivity index (χ2n) is 10.1. The molecule has 0 aliphatic rings. The van der Waals surface area contributed by atoms with Crippen molar-refractivity contribution in [2.45, 2.75) is 141 Å². The van der Waals surface area contributed by atoms with Crippen LogP contribution in [-0.2, 0) is 13.3 Å². The molecule has 1 atom stereocenters. The number of nitrogens with two attached hydrogens (primary N) is 1. The van der Waals surface area contributed by atoms with Crippen LogP contribution in [0.3, 0.4) is 0 Å². The molecule has 33 heavy (non-hydrogen) atoms. The van der Waals surface area contributed by atoms with Crippen LogP contribution in [0.1, 0.15) is 124 Å². The number of halogens is 1. The largest absolute Gasteiger partial charge is 0.501 e. The molecular weight excluding hydrogens is 452 g/mol. The molecular formula is C26H59ClN2O3Si.